The molecule has 0 radical (unpaired) electrons. The van der Waals surface area contributed by atoms with E-state index in [1.807, 2.05) is 11.8 Å². The predicted octanol–water partition coefficient (Wildman–Crippen LogP) is 2.48. The van der Waals surface area contributed by atoms with Crippen LogP contribution in [0.3, 0.4) is 0 Å². The van der Waals surface area contributed by atoms with E-state index < -0.39 is 17.6 Å². The normalized spacial score (nSPS) is 19.6. The van der Waals surface area contributed by atoms with Crippen molar-refractivity contribution >= 4 is 0 Å². The molecule has 2 heterocycles. The fraction of sp³-hybridized carbons (Fsp3) is 0.500. The van der Waals surface area contributed by atoms with Crippen LogP contribution in [-0.2, 0) is 6.18 Å². The van der Waals surface area contributed by atoms with Crippen LogP contribution in [0.15, 0.2) is 24.5 Å². The van der Waals surface area contributed by atoms with Crippen molar-refractivity contribution in [3.05, 3.63) is 30.1 Å². The molecule has 104 valence electrons. The molecular weight excluding hydrogens is 259 g/mol. The Kier molecular flexibility index (Phi) is 3.64. The van der Waals surface area contributed by atoms with Crippen LogP contribution >= 0.6 is 0 Å². The van der Waals surface area contributed by atoms with Gasteiger partial charge in [0.1, 0.15) is 11.7 Å². The third-order valence-electron chi connectivity index (χ3n) is 2.96. The number of nitrogens with zero attached hydrogens (tertiary/aromatic N) is 3. The van der Waals surface area contributed by atoms with E-state index >= 15 is 0 Å². The number of allylic oxidation sites excluding steroid dienone is 1. The third-order valence-corrected chi connectivity index (χ3v) is 2.96. The lowest BCUT2D eigenvalue weighted by Gasteiger charge is -2.19. The van der Waals surface area contributed by atoms with Crippen molar-refractivity contribution in [2.24, 2.45) is 0 Å². The highest BCUT2D eigenvalue weighted by molar-refractivity contribution is 5.26. The molecule has 0 saturated carbocycles. The monoisotopic (exact) mass is 273 g/mol. The number of ether oxygens (including phenoxy) is 1. The summed E-state index contributed by atoms with van der Waals surface area (Å²) in [4.78, 5) is 1.97. The van der Waals surface area contributed by atoms with Crippen LogP contribution in [0.4, 0.5) is 13.2 Å². The van der Waals surface area contributed by atoms with E-state index in [4.69, 9.17) is 4.74 Å². The van der Waals surface area contributed by atoms with E-state index in [-0.39, 0.29) is 6.10 Å². The van der Waals surface area contributed by atoms with Crippen molar-refractivity contribution in [1.82, 2.24) is 15.1 Å². The Bertz CT molecular complexity index is 476. The second-order valence-corrected chi connectivity index (χ2v) is 4.46. The molecule has 1 aliphatic rings. The second-order valence-electron chi connectivity index (χ2n) is 4.46. The van der Waals surface area contributed by atoms with Crippen molar-refractivity contribution in [2.45, 2.75) is 25.6 Å². The summed E-state index contributed by atoms with van der Waals surface area (Å²) in [7, 11) is 0. The molecule has 7 heteroatoms. The number of rotatable bonds is 3. The smallest absolute Gasteiger partial charge is 0.421 e. The zero-order valence-corrected chi connectivity index (χ0v) is 10.4. The van der Waals surface area contributed by atoms with Gasteiger partial charge in [-0.25, -0.2) is 0 Å². The molecule has 4 nitrogen and oxygen atoms in total. The van der Waals surface area contributed by atoms with Gasteiger partial charge in [-0.2, -0.15) is 18.3 Å². The quantitative estimate of drug-likeness (QED) is 0.848. The molecule has 0 aliphatic carbocycles. The summed E-state index contributed by atoms with van der Waals surface area (Å²) >= 11 is 0. The highest BCUT2D eigenvalue weighted by Crippen LogP contribution is 2.35. The van der Waals surface area contributed by atoms with Gasteiger partial charge in [0.25, 0.3) is 0 Å². The fourth-order valence-electron chi connectivity index (χ4n) is 1.95. The summed E-state index contributed by atoms with van der Waals surface area (Å²) in [6.45, 7) is 6.89. The van der Waals surface area contributed by atoms with Crippen LogP contribution in [0.5, 0.6) is 5.88 Å². The molecule has 0 spiro atoms. The minimum atomic E-state index is -4.49. The first-order chi connectivity index (χ1) is 8.88. The molecule has 1 aromatic heterocycles. The van der Waals surface area contributed by atoms with Gasteiger partial charge in [0.15, 0.2) is 0 Å². The van der Waals surface area contributed by atoms with Crippen molar-refractivity contribution in [3.8, 4) is 5.88 Å². The SMILES string of the molecule is C=C(C)N1CC[C@H](Oc2nnccc2C(F)(F)F)C1. The van der Waals surface area contributed by atoms with Crippen molar-refractivity contribution < 1.29 is 17.9 Å². The number of hydrogen-bond acceptors (Lipinski definition) is 4. The summed E-state index contributed by atoms with van der Waals surface area (Å²) in [6, 6.07) is 0.869. The van der Waals surface area contributed by atoms with Gasteiger partial charge in [-0.15, -0.1) is 5.10 Å². The summed E-state index contributed by atoms with van der Waals surface area (Å²) < 4.78 is 43.6. The molecule has 0 unspecified atom stereocenters. The van der Waals surface area contributed by atoms with Crippen LogP contribution < -0.4 is 4.74 Å². The predicted molar refractivity (Wildman–Crippen MR) is 62.5 cm³/mol. The molecule has 1 aromatic rings. The molecule has 0 N–H and O–H groups in total. The molecule has 19 heavy (non-hydrogen) atoms. The number of aromatic nitrogens is 2. The van der Waals surface area contributed by atoms with Crippen molar-refractivity contribution in [1.29, 1.82) is 0 Å². The van der Waals surface area contributed by atoms with E-state index in [0.717, 1.165) is 24.5 Å². The Morgan fingerprint density at radius 2 is 2.26 bits per heavy atom. The number of alkyl halides is 3. The Hall–Kier alpha value is -1.79. The van der Waals surface area contributed by atoms with Crippen LogP contribution in [0.25, 0.3) is 0 Å². The van der Waals surface area contributed by atoms with E-state index in [0.29, 0.717) is 13.0 Å². The molecule has 0 bridgehead atoms. The van der Waals surface area contributed by atoms with Crippen LogP contribution in [-0.4, -0.2) is 34.3 Å². The largest absolute Gasteiger partial charge is 0.471 e. The second kappa shape index (κ2) is 5.07. The maximum absolute atomic E-state index is 12.8. The Morgan fingerprint density at radius 1 is 1.53 bits per heavy atom. The van der Waals surface area contributed by atoms with E-state index in [1.54, 1.807) is 0 Å². The van der Waals surface area contributed by atoms with E-state index in [1.165, 1.54) is 0 Å². The van der Waals surface area contributed by atoms with E-state index in [9.17, 15) is 13.2 Å². The molecule has 1 aliphatic heterocycles. The van der Waals surface area contributed by atoms with Gasteiger partial charge >= 0.3 is 6.18 Å². The molecule has 2 rings (SSSR count). The standard InChI is InChI=1S/C12H14F3N3O/c1-8(2)18-6-4-9(7-18)19-11-10(12(13,14)15)3-5-16-17-11/h3,5,9H,1,4,6-7H2,2H3/t9-/m0/s1. The number of likely N-dealkylation sites (tertiary alicyclic amines) is 1. The van der Waals surface area contributed by atoms with Gasteiger partial charge in [0, 0.05) is 18.7 Å². The van der Waals surface area contributed by atoms with Crippen LogP contribution in [0, 0.1) is 0 Å². The average Bonchev–Trinajstić information content (AvgIpc) is 2.77. The lowest BCUT2D eigenvalue weighted by atomic mass is 10.3. The number of hydrogen-bond donors (Lipinski definition) is 0. The van der Waals surface area contributed by atoms with Gasteiger partial charge in [-0.05, 0) is 13.0 Å². The average molecular weight is 273 g/mol. The minimum Gasteiger partial charge on any atom is -0.471 e. The maximum Gasteiger partial charge on any atom is 0.421 e. The lowest BCUT2D eigenvalue weighted by molar-refractivity contribution is -0.139. The maximum atomic E-state index is 12.8. The van der Waals surface area contributed by atoms with Gasteiger partial charge in [-0.1, -0.05) is 6.58 Å². The first-order valence-electron chi connectivity index (χ1n) is 5.84. The summed E-state index contributed by atoms with van der Waals surface area (Å²) in [5.74, 6) is -0.455. The Morgan fingerprint density at radius 3 is 2.84 bits per heavy atom. The first kappa shape index (κ1) is 13.6. The summed E-state index contributed by atoms with van der Waals surface area (Å²) in [6.07, 6.45) is -3.17. The van der Waals surface area contributed by atoms with Gasteiger partial charge in [-0.3, -0.25) is 0 Å². The highest BCUT2D eigenvalue weighted by Gasteiger charge is 2.36. The van der Waals surface area contributed by atoms with Crippen LogP contribution in [0.1, 0.15) is 18.9 Å². The fourth-order valence-corrected chi connectivity index (χ4v) is 1.95. The lowest BCUT2D eigenvalue weighted by Crippen LogP contribution is -2.24. The van der Waals surface area contributed by atoms with E-state index in [2.05, 4.69) is 16.8 Å². The summed E-state index contributed by atoms with van der Waals surface area (Å²) in [5.41, 5.74) is -0.0161. The minimum absolute atomic E-state index is 0.325. The molecule has 1 atom stereocenters. The number of halogens is 3. The highest BCUT2D eigenvalue weighted by atomic mass is 19.4. The van der Waals surface area contributed by atoms with Gasteiger partial charge < -0.3 is 9.64 Å². The molecule has 0 aromatic carbocycles. The molecule has 0 amide bonds. The van der Waals surface area contributed by atoms with Gasteiger partial charge in [0.2, 0.25) is 5.88 Å². The zero-order valence-electron chi connectivity index (χ0n) is 10.4. The first-order valence-corrected chi connectivity index (χ1v) is 5.84. The topological polar surface area (TPSA) is 38.2 Å². The Balaban J connectivity index is 2.11. The van der Waals surface area contributed by atoms with Crippen LogP contribution in [0.2, 0.25) is 0 Å². The van der Waals surface area contributed by atoms with Crippen molar-refractivity contribution in [2.75, 3.05) is 13.1 Å². The van der Waals surface area contributed by atoms with Crippen molar-refractivity contribution in [3.63, 3.8) is 0 Å². The molecular formula is C12H14F3N3O. The molecule has 1 fully saturated rings. The third kappa shape index (κ3) is 3.15. The van der Waals surface area contributed by atoms with Gasteiger partial charge in [0.05, 0.1) is 12.7 Å². The molecule has 1 saturated heterocycles. The summed E-state index contributed by atoms with van der Waals surface area (Å²) in [5, 5.41) is 6.89. The zero-order chi connectivity index (χ0) is 14.0. The Labute approximate surface area is 108 Å².